The number of carbonyl (C=O) groups excluding carboxylic acids is 1. The summed E-state index contributed by atoms with van der Waals surface area (Å²) in [7, 11) is 0. The Hall–Kier alpha value is -1.73. The number of carbonyl (C=O) groups is 1. The molecule has 0 radical (unpaired) electrons. The number of aliphatic hydroxyl groups is 1. The summed E-state index contributed by atoms with van der Waals surface area (Å²) in [6, 6.07) is 10.3. The monoisotopic (exact) mass is 345 g/mol. The van der Waals surface area contributed by atoms with E-state index in [1.165, 1.54) is 22.5 Å². The van der Waals surface area contributed by atoms with Crippen LogP contribution in [0.2, 0.25) is 0 Å². The van der Waals surface area contributed by atoms with Crippen molar-refractivity contribution in [3.8, 4) is 0 Å². The SMILES string of the molecule is NC(=O)c1csc(CNCC(O)CN2CCc3ccccc3C2)c1. The van der Waals surface area contributed by atoms with Gasteiger partial charge in [0.05, 0.1) is 11.7 Å². The number of rotatable bonds is 7. The highest BCUT2D eigenvalue weighted by Crippen LogP contribution is 2.18. The van der Waals surface area contributed by atoms with Crippen LogP contribution in [-0.2, 0) is 19.5 Å². The quantitative estimate of drug-likeness (QED) is 0.708. The summed E-state index contributed by atoms with van der Waals surface area (Å²) in [5, 5.41) is 15.3. The average molecular weight is 345 g/mol. The van der Waals surface area contributed by atoms with E-state index in [2.05, 4.69) is 34.5 Å². The fraction of sp³-hybridized carbons (Fsp3) is 0.389. The van der Waals surface area contributed by atoms with Crippen LogP contribution in [0.15, 0.2) is 35.7 Å². The molecule has 128 valence electrons. The molecule has 0 saturated carbocycles. The minimum absolute atomic E-state index is 0.400. The first-order valence-electron chi connectivity index (χ1n) is 8.17. The van der Waals surface area contributed by atoms with E-state index in [1.54, 1.807) is 11.4 Å². The molecule has 0 spiro atoms. The van der Waals surface area contributed by atoms with Gasteiger partial charge in [0.15, 0.2) is 0 Å². The molecule has 1 aliphatic rings. The van der Waals surface area contributed by atoms with E-state index in [4.69, 9.17) is 5.73 Å². The molecule has 1 aromatic heterocycles. The Labute approximate surface area is 146 Å². The molecular weight excluding hydrogens is 322 g/mol. The molecule has 0 aliphatic carbocycles. The molecular formula is C18H23N3O2S. The number of hydrogen-bond acceptors (Lipinski definition) is 5. The fourth-order valence-corrected chi connectivity index (χ4v) is 3.88. The van der Waals surface area contributed by atoms with Gasteiger partial charge in [-0.1, -0.05) is 24.3 Å². The topological polar surface area (TPSA) is 78.6 Å². The molecule has 0 bridgehead atoms. The second-order valence-electron chi connectivity index (χ2n) is 6.20. The Morgan fingerprint density at radius 3 is 2.92 bits per heavy atom. The number of primary amides is 1. The highest BCUT2D eigenvalue weighted by molar-refractivity contribution is 7.10. The normalized spacial score (nSPS) is 15.9. The van der Waals surface area contributed by atoms with Crippen LogP contribution in [0.1, 0.15) is 26.4 Å². The lowest BCUT2D eigenvalue weighted by molar-refractivity contribution is 0.0999. The number of amides is 1. The summed E-state index contributed by atoms with van der Waals surface area (Å²) in [5.74, 6) is -0.400. The summed E-state index contributed by atoms with van der Waals surface area (Å²) in [5.41, 5.74) is 8.57. The van der Waals surface area contributed by atoms with Gasteiger partial charge in [0.2, 0.25) is 5.91 Å². The molecule has 1 unspecified atom stereocenters. The minimum atomic E-state index is -0.411. The lowest BCUT2D eigenvalue weighted by Crippen LogP contribution is -2.40. The van der Waals surface area contributed by atoms with E-state index >= 15 is 0 Å². The van der Waals surface area contributed by atoms with Crippen molar-refractivity contribution >= 4 is 17.2 Å². The molecule has 3 rings (SSSR count). The summed E-state index contributed by atoms with van der Waals surface area (Å²) in [6.45, 7) is 3.72. The first-order chi connectivity index (χ1) is 11.6. The number of benzene rings is 1. The van der Waals surface area contributed by atoms with Crippen molar-refractivity contribution in [2.75, 3.05) is 19.6 Å². The van der Waals surface area contributed by atoms with Crippen molar-refractivity contribution in [3.63, 3.8) is 0 Å². The van der Waals surface area contributed by atoms with Crippen LogP contribution >= 0.6 is 11.3 Å². The van der Waals surface area contributed by atoms with Gasteiger partial charge < -0.3 is 16.2 Å². The zero-order valence-corrected chi connectivity index (χ0v) is 14.4. The van der Waals surface area contributed by atoms with Crippen molar-refractivity contribution < 1.29 is 9.90 Å². The lowest BCUT2D eigenvalue weighted by atomic mass is 10.00. The highest BCUT2D eigenvalue weighted by atomic mass is 32.1. The first-order valence-corrected chi connectivity index (χ1v) is 9.05. The van der Waals surface area contributed by atoms with E-state index in [9.17, 15) is 9.90 Å². The standard InChI is InChI=1S/C18H23N3O2S/c19-18(23)15-7-17(24-12-15)9-20-8-16(22)11-21-6-5-13-3-1-2-4-14(13)10-21/h1-4,7,12,16,20,22H,5-6,8-11H2,(H2,19,23). The van der Waals surface area contributed by atoms with Crippen LogP contribution in [0.4, 0.5) is 0 Å². The van der Waals surface area contributed by atoms with E-state index in [0.29, 0.717) is 25.2 Å². The molecule has 1 aromatic carbocycles. The maximum absolute atomic E-state index is 11.1. The molecule has 0 fully saturated rings. The highest BCUT2D eigenvalue weighted by Gasteiger charge is 2.18. The smallest absolute Gasteiger partial charge is 0.249 e. The Kier molecular flexibility index (Phi) is 5.63. The third-order valence-corrected chi connectivity index (χ3v) is 5.23. The van der Waals surface area contributed by atoms with Crippen LogP contribution in [0, 0.1) is 0 Å². The number of fused-ring (bicyclic) bond motifs is 1. The second-order valence-corrected chi connectivity index (χ2v) is 7.20. The van der Waals surface area contributed by atoms with Gasteiger partial charge in [0.25, 0.3) is 0 Å². The third kappa shape index (κ3) is 4.42. The Morgan fingerprint density at radius 2 is 2.17 bits per heavy atom. The third-order valence-electron chi connectivity index (χ3n) is 4.30. The van der Waals surface area contributed by atoms with Crippen molar-refractivity contribution in [2.45, 2.75) is 25.6 Å². The van der Waals surface area contributed by atoms with E-state index in [0.717, 1.165) is 24.4 Å². The summed E-state index contributed by atoms with van der Waals surface area (Å²) < 4.78 is 0. The summed E-state index contributed by atoms with van der Waals surface area (Å²) in [4.78, 5) is 14.4. The van der Waals surface area contributed by atoms with Crippen molar-refractivity contribution in [1.29, 1.82) is 0 Å². The maximum Gasteiger partial charge on any atom is 0.249 e. The summed E-state index contributed by atoms with van der Waals surface area (Å²) in [6.07, 6.45) is 0.632. The van der Waals surface area contributed by atoms with E-state index < -0.39 is 12.0 Å². The Balaban J connectivity index is 1.41. The number of nitrogens with one attached hydrogen (secondary N) is 1. The van der Waals surface area contributed by atoms with Gasteiger partial charge in [-0.3, -0.25) is 9.69 Å². The van der Waals surface area contributed by atoms with Crippen LogP contribution < -0.4 is 11.1 Å². The van der Waals surface area contributed by atoms with Crippen LogP contribution in [-0.4, -0.2) is 41.7 Å². The van der Waals surface area contributed by atoms with Crippen molar-refractivity contribution in [1.82, 2.24) is 10.2 Å². The van der Waals surface area contributed by atoms with E-state index in [1.807, 2.05) is 0 Å². The average Bonchev–Trinajstić information content (AvgIpc) is 3.04. The largest absolute Gasteiger partial charge is 0.390 e. The maximum atomic E-state index is 11.1. The Bertz CT molecular complexity index is 701. The van der Waals surface area contributed by atoms with Gasteiger partial charge in [-0.25, -0.2) is 0 Å². The van der Waals surface area contributed by atoms with Gasteiger partial charge >= 0.3 is 0 Å². The zero-order chi connectivity index (χ0) is 16.9. The van der Waals surface area contributed by atoms with Crippen molar-refractivity contribution in [3.05, 3.63) is 57.3 Å². The molecule has 1 aliphatic heterocycles. The van der Waals surface area contributed by atoms with Gasteiger partial charge in [0.1, 0.15) is 0 Å². The molecule has 0 saturated heterocycles. The number of β-amino-alcohol motifs (C(OH)–C–C–N with tert-alkyl or cyclic N) is 1. The fourth-order valence-electron chi connectivity index (χ4n) is 3.04. The predicted molar refractivity (Wildman–Crippen MR) is 96.0 cm³/mol. The molecule has 1 amide bonds. The summed E-state index contributed by atoms with van der Waals surface area (Å²) >= 11 is 1.50. The van der Waals surface area contributed by atoms with Crippen LogP contribution in [0.25, 0.3) is 0 Å². The van der Waals surface area contributed by atoms with E-state index in [-0.39, 0.29) is 0 Å². The molecule has 6 heteroatoms. The number of nitrogens with zero attached hydrogens (tertiary/aromatic N) is 1. The van der Waals surface area contributed by atoms with Crippen LogP contribution in [0.3, 0.4) is 0 Å². The molecule has 5 nitrogen and oxygen atoms in total. The lowest BCUT2D eigenvalue weighted by Gasteiger charge is -2.30. The number of hydrogen-bond donors (Lipinski definition) is 3. The molecule has 2 heterocycles. The number of nitrogens with two attached hydrogens (primary N) is 1. The minimum Gasteiger partial charge on any atom is -0.390 e. The number of thiophene rings is 1. The van der Waals surface area contributed by atoms with Crippen LogP contribution in [0.5, 0.6) is 0 Å². The molecule has 24 heavy (non-hydrogen) atoms. The predicted octanol–water partition coefficient (Wildman–Crippen LogP) is 1.36. The van der Waals surface area contributed by atoms with Gasteiger partial charge in [-0.2, -0.15) is 0 Å². The molecule has 2 aromatic rings. The Morgan fingerprint density at radius 1 is 1.38 bits per heavy atom. The first kappa shape index (κ1) is 17.1. The van der Waals surface area contributed by atoms with Crippen molar-refractivity contribution in [2.24, 2.45) is 5.73 Å². The zero-order valence-electron chi connectivity index (χ0n) is 13.6. The van der Waals surface area contributed by atoms with Gasteiger partial charge in [-0.05, 0) is 23.6 Å². The van der Waals surface area contributed by atoms with Gasteiger partial charge in [0, 0.05) is 43.0 Å². The molecule has 1 atom stereocenters. The second kappa shape index (κ2) is 7.90. The number of aliphatic hydroxyl groups excluding tert-OH is 1. The van der Waals surface area contributed by atoms with Gasteiger partial charge in [-0.15, -0.1) is 11.3 Å². The molecule has 4 N–H and O–H groups in total.